The van der Waals surface area contributed by atoms with Crippen molar-refractivity contribution in [3.8, 4) is 0 Å². The van der Waals surface area contributed by atoms with E-state index in [4.69, 9.17) is 4.74 Å². The fourth-order valence-electron chi connectivity index (χ4n) is 2.72. The van der Waals surface area contributed by atoms with Gasteiger partial charge in [0.15, 0.2) is 5.49 Å². The Morgan fingerprint density at radius 3 is 2.64 bits per heavy atom. The molecular weight excluding hydrogens is 320 g/mol. The number of morpholine rings is 1. The van der Waals surface area contributed by atoms with E-state index in [-0.39, 0.29) is 11.4 Å². The first-order valence-corrected chi connectivity index (χ1v) is 8.16. The summed E-state index contributed by atoms with van der Waals surface area (Å²) >= 11 is 0. The third kappa shape index (κ3) is 3.83. The van der Waals surface area contributed by atoms with Gasteiger partial charge >= 0.3 is 0 Å². The van der Waals surface area contributed by atoms with Gasteiger partial charge in [-0.25, -0.2) is 0 Å². The van der Waals surface area contributed by atoms with Gasteiger partial charge in [-0.2, -0.15) is 9.72 Å². The lowest BCUT2D eigenvalue weighted by Gasteiger charge is -2.31. The Morgan fingerprint density at radius 1 is 1.20 bits per heavy atom. The average Bonchev–Trinajstić information content (AvgIpc) is 2.63. The van der Waals surface area contributed by atoms with Crippen LogP contribution in [0.5, 0.6) is 0 Å². The number of amides is 1. The van der Waals surface area contributed by atoms with E-state index in [0.29, 0.717) is 18.8 Å². The molecule has 0 bridgehead atoms. The second-order valence-electron chi connectivity index (χ2n) is 6.02. The molecular formula is C18H22N4O3. The number of aromatic nitrogens is 1. The number of ether oxygens (including phenoxy) is 1. The van der Waals surface area contributed by atoms with Crippen molar-refractivity contribution < 1.29 is 14.7 Å². The van der Waals surface area contributed by atoms with Gasteiger partial charge in [-0.1, -0.05) is 6.07 Å². The molecule has 0 unspecified atom stereocenters. The van der Waals surface area contributed by atoms with Crippen LogP contribution in [0.15, 0.2) is 47.6 Å². The summed E-state index contributed by atoms with van der Waals surface area (Å²) in [4.78, 5) is 20.9. The maximum atomic E-state index is 12.7. The molecule has 1 N–H and O–H groups in total. The van der Waals surface area contributed by atoms with Crippen LogP contribution in [0, 0.1) is 0 Å². The summed E-state index contributed by atoms with van der Waals surface area (Å²) in [7, 11) is 3.92. The minimum atomic E-state index is -0.388. The first kappa shape index (κ1) is 17.0. The lowest BCUT2D eigenvalue weighted by molar-refractivity contribution is 0.0986. The minimum Gasteiger partial charge on any atom is -0.427 e. The maximum absolute atomic E-state index is 12.7. The van der Waals surface area contributed by atoms with Gasteiger partial charge in [0.25, 0.3) is 5.91 Å². The van der Waals surface area contributed by atoms with Gasteiger partial charge in [-0.05, 0) is 30.3 Å². The summed E-state index contributed by atoms with van der Waals surface area (Å²) in [5.74, 6) is -0.388. The van der Waals surface area contributed by atoms with Crippen LogP contribution in [-0.2, 0) is 4.74 Å². The Morgan fingerprint density at radius 2 is 1.96 bits per heavy atom. The van der Waals surface area contributed by atoms with Crippen molar-refractivity contribution in [3.63, 3.8) is 0 Å². The smallest absolute Gasteiger partial charge is 0.281 e. The SMILES string of the molecule is CN(C)c1ccc(C(=O)N=c2ccccn2O)c(N2CCOCC2)c1. The third-order valence-electron chi connectivity index (χ3n) is 4.11. The topological polar surface area (TPSA) is 70.3 Å². The monoisotopic (exact) mass is 342 g/mol. The minimum absolute atomic E-state index is 0.192. The van der Waals surface area contributed by atoms with Gasteiger partial charge in [0, 0.05) is 39.1 Å². The Bertz CT molecular complexity index is 823. The number of carbonyl (C=O) groups excluding carboxylic acids is 1. The van der Waals surface area contributed by atoms with E-state index in [1.54, 1.807) is 24.3 Å². The van der Waals surface area contributed by atoms with Crippen LogP contribution in [0.2, 0.25) is 0 Å². The van der Waals surface area contributed by atoms with Gasteiger partial charge in [0.05, 0.1) is 24.5 Å². The van der Waals surface area contributed by atoms with Crippen molar-refractivity contribution in [2.75, 3.05) is 50.2 Å². The molecule has 2 heterocycles. The summed E-state index contributed by atoms with van der Waals surface area (Å²) < 4.78 is 6.25. The van der Waals surface area contributed by atoms with E-state index in [1.165, 1.54) is 6.20 Å². The van der Waals surface area contributed by atoms with Crippen LogP contribution in [0.25, 0.3) is 0 Å². The molecule has 0 atom stereocenters. The number of carbonyl (C=O) groups is 1. The molecule has 1 amide bonds. The van der Waals surface area contributed by atoms with E-state index < -0.39 is 0 Å². The molecule has 0 radical (unpaired) electrons. The number of pyridine rings is 1. The van der Waals surface area contributed by atoms with Crippen molar-refractivity contribution >= 4 is 17.3 Å². The van der Waals surface area contributed by atoms with Gasteiger partial charge in [-0.3, -0.25) is 4.79 Å². The van der Waals surface area contributed by atoms with E-state index in [0.717, 1.165) is 29.2 Å². The summed E-state index contributed by atoms with van der Waals surface area (Å²) in [6.07, 6.45) is 1.43. The lowest BCUT2D eigenvalue weighted by Crippen LogP contribution is -2.37. The zero-order valence-electron chi connectivity index (χ0n) is 14.4. The Labute approximate surface area is 146 Å². The molecule has 3 rings (SSSR count). The van der Waals surface area contributed by atoms with Crippen LogP contribution < -0.4 is 15.3 Å². The van der Waals surface area contributed by atoms with Gasteiger partial charge in [0.2, 0.25) is 0 Å². The molecule has 0 spiro atoms. The highest BCUT2D eigenvalue weighted by Crippen LogP contribution is 2.27. The molecule has 1 aromatic carbocycles. The average molecular weight is 342 g/mol. The quantitative estimate of drug-likeness (QED) is 0.853. The Kier molecular flexibility index (Phi) is 5.04. The molecule has 1 fully saturated rings. The molecule has 132 valence electrons. The summed E-state index contributed by atoms with van der Waals surface area (Å²) in [6.45, 7) is 2.71. The fraction of sp³-hybridized carbons (Fsp3) is 0.333. The molecule has 1 aliphatic heterocycles. The van der Waals surface area contributed by atoms with E-state index in [2.05, 4.69) is 9.89 Å². The zero-order chi connectivity index (χ0) is 17.8. The number of rotatable bonds is 3. The molecule has 7 nitrogen and oxygen atoms in total. The number of benzene rings is 1. The van der Waals surface area contributed by atoms with Crippen molar-refractivity contribution in [2.45, 2.75) is 0 Å². The number of hydrogen-bond donors (Lipinski definition) is 1. The standard InChI is InChI=1S/C18H22N4O3/c1-20(2)14-6-7-15(16(13-14)21-9-11-25-12-10-21)18(23)19-17-5-3-4-8-22(17)24/h3-8,13,24H,9-12H2,1-2H3. The zero-order valence-corrected chi connectivity index (χ0v) is 14.4. The fourth-order valence-corrected chi connectivity index (χ4v) is 2.72. The van der Waals surface area contributed by atoms with Crippen molar-refractivity contribution in [3.05, 3.63) is 53.6 Å². The van der Waals surface area contributed by atoms with Crippen LogP contribution in [0.1, 0.15) is 10.4 Å². The summed E-state index contributed by atoms with van der Waals surface area (Å²) in [5.41, 5.74) is 2.55. The first-order valence-electron chi connectivity index (χ1n) is 8.16. The Hall–Kier alpha value is -2.80. The van der Waals surface area contributed by atoms with Gasteiger partial charge < -0.3 is 19.7 Å². The van der Waals surface area contributed by atoms with Crippen LogP contribution >= 0.6 is 0 Å². The second kappa shape index (κ2) is 7.40. The van der Waals surface area contributed by atoms with Crippen LogP contribution in [0.4, 0.5) is 11.4 Å². The predicted molar refractivity (Wildman–Crippen MR) is 95.3 cm³/mol. The predicted octanol–water partition coefficient (Wildman–Crippen LogP) is 1.37. The third-order valence-corrected chi connectivity index (χ3v) is 4.11. The lowest BCUT2D eigenvalue weighted by atomic mass is 10.1. The molecule has 25 heavy (non-hydrogen) atoms. The van der Waals surface area contributed by atoms with Crippen molar-refractivity contribution in [2.24, 2.45) is 4.99 Å². The van der Waals surface area contributed by atoms with Gasteiger partial charge in [0.1, 0.15) is 0 Å². The van der Waals surface area contributed by atoms with E-state index >= 15 is 0 Å². The highest BCUT2D eigenvalue weighted by atomic mass is 16.5. The number of anilines is 2. The van der Waals surface area contributed by atoms with Crippen LogP contribution in [-0.4, -0.2) is 56.2 Å². The first-order chi connectivity index (χ1) is 12.1. The molecule has 1 aliphatic rings. The second-order valence-corrected chi connectivity index (χ2v) is 6.02. The summed E-state index contributed by atoms with van der Waals surface area (Å²) in [5, 5.41) is 9.78. The molecule has 1 aromatic heterocycles. The molecule has 0 aliphatic carbocycles. The highest BCUT2D eigenvalue weighted by molar-refractivity contribution is 6.01. The Balaban J connectivity index is 2.03. The summed E-state index contributed by atoms with van der Waals surface area (Å²) in [6, 6.07) is 10.6. The van der Waals surface area contributed by atoms with Gasteiger partial charge in [-0.15, -0.1) is 0 Å². The largest absolute Gasteiger partial charge is 0.427 e. The van der Waals surface area contributed by atoms with E-state index in [9.17, 15) is 10.0 Å². The normalized spacial score (nSPS) is 15.3. The molecule has 2 aromatic rings. The van der Waals surface area contributed by atoms with Crippen molar-refractivity contribution in [1.29, 1.82) is 0 Å². The molecule has 7 heteroatoms. The number of hydrogen-bond acceptors (Lipinski definition) is 5. The van der Waals surface area contributed by atoms with E-state index in [1.807, 2.05) is 31.1 Å². The van der Waals surface area contributed by atoms with Crippen LogP contribution in [0.3, 0.4) is 0 Å². The van der Waals surface area contributed by atoms with Crippen molar-refractivity contribution in [1.82, 2.24) is 4.73 Å². The number of nitrogens with zero attached hydrogens (tertiary/aromatic N) is 4. The maximum Gasteiger partial charge on any atom is 0.281 e. The molecule has 1 saturated heterocycles. The highest BCUT2D eigenvalue weighted by Gasteiger charge is 2.19. The molecule has 0 saturated carbocycles.